The molecule has 0 aromatic rings. The van der Waals surface area contributed by atoms with E-state index in [9.17, 15) is 22.4 Å². The molecule has 0 heterocycles. The number of alkyl halides is 2. The SMILES string of the molecule is O=C/C(F)=C(\F)C(F)F. The Bertz CT molecular complexity index is 140. The van der Waals surface area contributed by atoms with Crippen LogP contribution in [0.3, 0.4) is 0 Å². The lowest BCUT2D eigenvalue weighted by atomic mass is 10.5. The van der Waals surface area contributed by atoms with Gasteiger partial charge in [-0.15, -0.1) is 0 Å². The Balaban J connectivity index is 4.27. The summed E-state index contributed by atoms with van der Waals surface area (Å²) in [4.78, 5) is 9.24. The van der Waals surface area contributed by atoms with Crippen LogP contribution in [-0.4, -0.2) is 12.7 Å². The maximum Gasteiger partial charge on any atom is 0.292 e. The van der Waals surface area contributed by atoms with E-state index in [4.69, 9.17) is 0 Å². The molecule has 0 rings (SSSR count). The van der Waals surface area contributed by atoms with Crippen molar-refractivity contribution >= 4 is 6.29 Å². The third-order valence-corrected chi connectivity index (χ3v) is 0.523. The van der Waals surface area contributed by atoms with Crippen molar-refractivity contribution in [3.05, 3.63) is 11.7 Å². The zero-order valence-electron chi connectivity index (χ0n) is 4.07. The van der Waals surface area contributed by atoms with Crippen LogP contribution in [0.4, 0.5) is 17.6 Å². The molecule has 0 saturated heterocycles. The molecule has 0 aromatic heterocycles. The zero-order chi connectivity index (χ0) is 7.44. The lowest BCUT2D eigenvalue weighted by Gasteiger charge is -1.90. The number of rotatable bonds is 2. The lowest BCUT2D eigenvalue weighted by molar-refractivity contribution is -0.106. The van der Waals surface area contributed by atoms with E-state index in [1.165, 1.54) is 0 Å². The predicted octanol–water partition coefficient (Wildman–Crippen LogP) is 1.60. The average Bonchev–Trinajstić information content (AvgIpc) is 1.84. The third kappa shape index (κ3) is 2.25. The van der Waals surface area contributed by atoms with Crippen molar-refractivity contribution in [2.45, 2.75) is 6.43 Å². The molecule has 0 spiro atoms. The first-order chi connectivity index (χ1) is 4.09. The molecule has 0 atom stereocenters. The monoisotopic (exact) mass is 142 g/mol. The summed E-state index contributed by atoms with van der Waals surface area (Å²) in [5.74, 6) is -4.37. The summed E-state index contributed by atoms with van der Waals surface area (Å²) in [6.45, 7) is 0. The summed E-state index contributed by atoms with van der Waals surface area (Å²) in [6, 6.07) is 0. The van der Waals surface area contributed by atoms with Crippen molar-refractivity contribution in [2.75, 3.05) is 0 Å². The van der Waals surface area contributed by atoms with Crippen LogP contribution in [-0.2, 0) is 4.79 Å². The molecule has 0 aliphatic heterocycles. The predicted molar refractivity (Wildman–Crippen MR) is 21.3 cm³/mol. The smallest absolute Gasteiger partial charge is 0.292 e. The minimum Gasteiger partial charge on any atom is -0.295 e. The van der Waals surface area contributed by atoms with Crippen LogP contribution >= 0.6 is 0 Å². The molecule has 1 nitrogen and oxygen atoms in total. The Labute approximate surface area is 48.0 Å². The Morgan fingerprint density at radius 1 is 1.33 bits per heavy atom. The van der Waals surface area contributed by atoms with Crippen LogP contribution in [0, 0.1) is 0 Å². The molecule has 0 amide bonds. The van der Waals surface area contributed by atoms with Crippen LogP contribution < -0.4 is 0 Å². The normalized spacial score (nSPS) is 13.4. The highest BCUT2D eigenvalue weighted by Gasteiger charge is 2.15. The van der Waals surface area contributed by atoms with E-state index in [1.807, 2.05) is 0 Å². The number of allylic oxidation sites excluding steroid dienone is 2. The fraction of sp³-hybridized carbons (Fsp3) is 0.250. The van der Waals surface area contributed by atoms with E-state index in [0.29, 0.717) is 0 Å². The topological polar surface area (TPSA) is 17.1 Å². The second kappa shape index (κ2) is 3.21. The first kappa shape index (κ1) is 8.13. The molecule has 9 heavy (non-hydrogen) atoms. The molecule has 0 saturated carbocycles. The van der Waals surface area contributed by atoms with Crippen molar-refractivity contribution in [3.63, 3.8) is 0 Å². The van der Waals surface area contributed by atoms with E-state index in [0.717, 1.165) is 0 Å². The molecule has 0 bridgehead atoms. The lowest BCUT2D eigenvalue weighted by Crippen LogP contribution is -1.93. The summed E-state index contributed by atoms with van der Waals surface area (Å²) < 4.78 is 44.9. The molecule has 0 fully saturated rings. The first-order valence-electron chi connectivity index (χ1n) is 1.88. The van der Waals surface area contributed by atoms with Crippen LogP contribution in [0.15, 0.2) is 11.7 Å². The summed E-state index contributed by atoms with van der Waals surface area (Å²) in [5.41, 5.74) is 0. The molecule has 0 aromatic carbocycles. The van der Waals surface area contributed by atoms with Gasteiger partial charge in [0.25, 0.3) is 6.43 Å². The number of carbonyl (C=O) groups excluding carboxylic acids is 1. The molecule has 0 N–H and O–H groups in total. The second-order valence-corrected chi connectivity index (χ2v) is 1.11. The average molecular weight is 142 g/mol. The van der Waals surface area contributed by atoms with Crippen molar-refractivity contribution in [3.8, 4) is 0 Å². The highest BCUT2D eigenvalue weighted by Crippen LogP contribution is 2.14. The quantitative estimate of drug-likeness (QED) is 0.325. The standard InChI is InChI=1S/C4H2F4O/c5-2(1-9)3(6)4(7)8/h1,4H/b3-2+. The minimum atomic E-state index is -3.55. The van der Waals surface area contributed by atoms with Gasteiger partial charge in [0.2, 0.25) is 5.83 Å². The number of hydrogen-bond donors (Lipinski definition) is 0. The summed E-state index contributed by atoms with van der Waals surface area (Å²) in [7, 11) is 0. The molecule has 5 heteroatoms. The molecule has 0 radical (unpaired) electrons. The van der Waals surface area contributed by atoms with Gasteiger partial charge in [0.05, 0.1) is 0 Å². The van der Waals surface area contributed by atoms with Gasteiger partial charge in [-0.2, -0.15) is 0 Å². The van der Waals surface area contributed by atoms with Gasteiger partial charge in [0.1, 0.15) is 0 Å². The zero-order valence-corrected chi connectivity index (χ0v) is 4.07. The van der Waals surface area contributed by atoms with Crippen molar-refractivity contribution in [1.29, 1.82) is 0 Å². The fourth-order valence-corrected chi connectivity index (χ4v) is 0.161. The number of hydrogen-bond acceptors (Lipinski definition) is 1. The maximum absolute atomic E-state index is 11.4. The highest BCUT2D eigenvalue weighted by molar-refractivity contribution is 5.70. The van der Waals surface area contributed by atoms with Gasteiger partial charge >= 0.3 is 0 Å². The number of carbonyl (C=O) groups is 1. The third-order valence-electron chi connectivity index (χ3n) is 0.523. The van der Waals surface area contributed by atoms with Crippen molar-refractivity contribution in [2.24, 2.45) is 0 Å². The molecular formula is C4H2F4O. The number of aldehydes is 1. The fourth-order valence-electron chi connectivity index (χ4n) is 0.161. The van der Waals surface area contributed by atoms with Crippen LogP contribution in [0.1, 0.15) is 0 Å². The van der Waals surface area contributed by atoms with E-state index in [2.05, 4.69) is 0 Å². The molecule has 0 unspecified atom stereocenters. The van der Waals surface area contributed by atoms with Gasteiger partial charge in [-0.05, 0) is 0 Å². The van der Waals surface area contributed by atoms with E-state index in [1.54, 1.807) is 0 Å². The van der Waals surface area contributed by atoms with Crippen molar-refractivity contribution in [1.82, 2.24) is 0 Å². The Kier molecular flexibility index (Phi) is 2.90. The molecular weight excluding hydrogens is 140 g/mol. The van der Waals surface area contributed by atoms with Gasteiger partial charge in [-0.1, -0.05) is 0 Å². The molecule has 0 aliphatic carbocycles. The highest BCUT2D eigenvalue weighted by atomic mass is 19.3. The Morgan fingerprint density at radius 2 is 1.78 bits per heavy atom. The van der Waals surface area contributed by atoms with E-state index in [-0.39, 0.29) is 0 Å². The summed E-state index contributed by atoms with van der Waals surface area (Å²) >= 11 is 0. The summed E-state index contributed by atoms with van der Waals surface area (Å²) in [6.07, 6.45) is -4.16. The molecule has 52 valence electrons. The second-order valence-electron chi connectivity index (χ2n) is 1.11. The van der Waals surface area contributed by atoms with Crippen molar-refractivity contribution < 1.29 is 22.4 Å². The van der Waals surface area contributed by atoms with Crippen LogP contribution in [0.25, 0.3) is 0 Å². The molecule has 0 aliphatic rings. The Hall–Kier alpha value is -0.870. The minimum absolute atomic E-state index is 0.610. The summed E-state index contributed by atoms with van der Waals surface area (Å²) in [5, 5.41) is 0. The number of halogens is 4. The van der Waals surface area contributed by atoms with Gasteiger partial charge in [-0.3, -0.25) is 4.79 Å². The largest absolute Gasteiger partial charge is 0.295 e. The van der Waals surface area contributed by atoms with Gasteiger partial charge in [0, 0.05) is 0 Å². The first-order valence-corrected chi connectivity index (χ1v) is 1.88. The maximum atomic E-state index is 11.4. The van der Waals surface area contributed by atoms with E-state index < -0.39 is 24.4 Å². The van der Waals surface area contributed by atoms with Gasteiger partial charge in [-0.25, -0.2) is 17.6 Å². The van der Waals surface area contributed by atoms with Gasteiger partial charge < -0.3 is 0 Å². The van der Waals surface area contributed by atoms with E-state index >= 15 is 0 Å². The Morgan fingerprint density at radius 3 is 1.89 bits per heavy atom. The van der Waals surface area contributed by atoms with Crippen LogP contribution in [0.2, 0.25) is 0 Å². The van der Waals surface area contributed by atoms with Gasteiger partial charge in [0.15, 0.2) is 12.1 Å². The van der Waals surface area contributed by atoms with Crippen LogP contribution in [0.5, 0.6) is 0 Å².